The second-order valence-corrected chi connectivity index (χ2v) is 9.27. The van der Waals surface area contributed by atoms with Gasteiger partial charge >= 0.3 is 5.97 Å². The molecule has 7 nitrogen and oxygen atoms in total. The fourth-order valence-corrected chi connectivity index (χ4v) is 4.70. The molecule has 2 aromatic carbocycles. The topological polar surface area (TPSA) is 95.1 Å². The van der Waals surface area contributed by atoms with Crippen LogP contribution in [0.15, 0.2) is 76.8 Å². The second-order valence-electron chi connectivity index (χ2n) is 9.27. The van der Waals surface area contributed by atoms with E-state index in [2.05, 4.69) is 58.6 Å². The number of carboxylic acids is 1. The Labute approximate surface area is 205 Å². The molecule has 1 atom stereocenters. The molecule has 1 aliphatic heterocycles. The molecule has 0 bridgehead atoms. The van der Waals surface area contributed by atoms with Gasteiger partial charge < -0.3 is 19.8 Å². The smallest absolute Gasteiger partial charge is 0.306 e. The van der Waals surface area contributed by atoms with Gasteiger partial charge in [-0.3, -0.25) is 9.59 Å². The summed E-state index contributed by atoms with van der Waals surface area (Å²) in [5.74, 6) is -1.02. The number of pyridine rings is 1. The number of aromatic nitrogens is 1. The molecule has 4 rings (SSSR count). The van der Waals surface area contributed by atoms with Crippen molar-refractivity contribution in [2.24, 2.45) is 18.1 Å². The maximum absolute atomic E-state index is 11.8. The molecule has 0 aliphatic carbocycles. The summed E-state index contributed by atoms with van der Waals surface area (Å²) in [7, 11) is 1.68. The molecule has 1 fully saturated rings. The van der Waals surface area contributed by atoms with Crippen molar-refractivity contribution in [3.8, 4) is 0 Å². The third-order valence-electron chi connectivity index (χ3n) is 6.92. The van der Waals surface area contributed by atoms with Crippen LogP contribution in [0.3, 0.4) is 0 Å². The van der Waals surface area contributed by atoms with Gasteiger partial charge in [0.2, 0.25) is 5.56 Å². The van der Waals surface area contributed by atoms with Crippen LogP contribution in [-0.4, -0.2) is 39.7 Å². The van der Waals surface area contributed by atoms with E-state index >= 15 is 0 Å². The number of aliphatic carboxylic acids is 1. The van der Waals surface area contributed by atoms with Crippen LogP contribution in [0.4, 0.5) is 5.69 Å². The molecule has 0 radical (unpaired) electrons. The third kappa shape index (κ3) is 5.62. The molecule has 0 saturated carbocycles. The highest BCUT2D eigenvalue weighted by atomic mass is 16.4. The first-order valence-electron chi connectivity index (χ1n) is 11.9. The lowest BCUT2D eigenvalue weighted by Gasteiger charge is -2.32. The minimum Gasteiger partial charge on any atom is -0.481 e. The molecule has 1 aliphatic rings. The van der Waals surface area contributed by atoms with Crippen molar-refractivity contribution in [2.45, 2.75) is 32.1 Å². The predicted octanol–water partition coefficient (Wildman–Crippen LogP) is 4.40. The number of anilines is 1. The van der Waals surface area contributed by atoms with E-state index in [0.717, 1.165) is 29.9 Å². The summed E-state index contributed by atoms with van der Waals surface area (Å²) in [5, 5.41) is 22.7. The van der Waals surface area contributed by atoms with Gasteiger partial charge in [0.15, 0.2) is 0 Å². The number of nitrogens with zero attached hydrogens (tertiary/aromatic N) is 3. The summed E-state index contributed by atoms with van der Waals surface area (Å²) in [5.41, 5.74) is 5.52. The molecule has 1 aromatic heterocycles. The SMILES string of the molecule is Cc1ccc(C(C/C(=N/O)c2ccc(=O)n(C)c2)c2ccc(N3CCC(C(=O)O)CC3)cc2)cc1. The van der Waals surface area contributed by atoms with Crippen LogP contribution in [0, 0.1) is 12.8 Å². The summed E-state index contributed by atoms with van der Waals surface area (Å²) in [4.78, 5) is 25.3. The molecule has 35 heavy (non-hydrogen) atoms. The fraction of sp³-hybridized carbons (Fsp3) is 0.321. The summed E-state index contributed by atoms with van der Waals surface area (Å²) >= 11 is 0. The molecule has 2 heterocycles. The summed E-state index contributed by atoms with van der Waals surface area (Å²) in [6.45, 7) is 3.50. The Morgan fingerprint density at radius 3 is 2.14 bits per heavy atom. The van der Waals surface area contributed by atoms with Gasteiger partial charge in [-0.15, -0.1) is 0 Å². The van der Waals surface area contributed by atoms with Crippen LogP contribution in [-0.2, 0) is 11.8 Å². The molecule has 3 aromatic rings. The average molecular weight is 474 g/mol. The first-order valence-corrected chi connectivity index (χ1v) is 11.9. The lowest BCUT2D eigenvalue weighted by atomic mass is 9.85. The van der Waals surface area contributed by atoms with Crippen molar-refractivity contribution in [1.82, 2.24) is 4.57 Å². The normalized spacial score (nSPS) is 15.7. The van der Waals surface area contributed by atoms with Crippen molar-refractivity contribution in [2.75, 3.05) is 18.0 Å². The monoisotopic (exact) mass is 473 g/mol. The Morgan fingerprint density at radius 2 is 1.60 bits per heavy atom. The summed E-state index contributed by atoms with van der Waals surface area (Å²) in [6.07, 6.45) is 3.45. The Hall–Kier alpha value is -3.87. The average Bonchev–Trinajstić information content (AvgIpc) is 2.87. The van der Waals surface area contributed by atoms with E-state index in [4.69, 9.17) is 0 Å². The molecule has 1 saturated heterocycles. The molecular formula is C28H31N3O4. The Kier molecular flexibility index (Phi) is 7.34. The van der Waals surface area contributed by atoms with Gasteiger partial charge in [0.05, 0.1) is 11.6 Å². The number of hydrogen-bond donors (Lipinski definition) is 2. The van der Waals surface area contributed by atoms with E-state index in [0.29, 0.717) is 30.5 Å². The summed E-state index contributed by atoms with van der Waals surface area (Å²) < 4.78 is 1.48. The van der Waals surface area contributed by atoms with Crippen molar-refractivity contribution in [1.29, 1.82) is 0 Å². The maximum atomic E-state index is 11.8. The van der Waals surface area contributed by atoms with Crippen LogP contribution in [0.25, 0.3) is 0 Å². The van der Waals surface area contributed by atoms with Crippen molar-refractivity contribution in [3.63, 3.8) is 0 Å². The number of rotatable bonds is 7. The summed E-state index contributed by atoms with van der Waals surface area (Å²) in [6, 6.07) is 19.9. The van der Waals surface area contributed by atoms with E-state index in [1.54, 1.807) is 19.3 Å². The van der Waals surface area contributed by atoms with Gasteiger partial charge in [-0.05, 0) is 49.1 Å². The fourth-order valence-electron chi connectivity index (χ4n) is 4.70. The molecule has 7 heteroatoms. The van der Waals surface area contributed by atoms with Crippen LogP contribution in [0.1, 0.15) is 47.4 Å². The van der Waals surface area contributed by atoms with Crippen LogP contribution >= 0.6 is 0 Å². The van der Waals surface area contributed by atoms with E-state index in [1.165, 1.54) is 16.2 Å². The predicted molar refractivity (Wildman–Crippen MR) is 137 cm³/mol. The lowest BCUT2D eigenvalue weighted by molar-refractivity contribution is -0.142. The van der Waals surface area contributed by atoms with Gasteiger partial charge in [0.1, 0.15) is 0 Å². The molecule has 0 spiro atoms. The highest BCUT2D eigenvalue weighted by Gasteiger charge is 2.25. The number of oxime groups is 1. The van der Waals surface area contributed by atoms with Crippen LogP contribution in [0.5, 0.6) is 0 Å². The number of carbonyl (C=O) groups is 1. The zero-order valence-electron chi connectivity index (χ0n) is 20.1. The number of carboxylic acid groups (broad SMARTS) is 1. The minimum absolute atomic E-state index is 0.0504. The van der Waals surface area contributed by atoms with Crippen molar-refractivity contribution < 1.29 is 15.1 Å². The molecule has 182 valence electrons. The zero-order chi connectivity index (χ0) is 24.9. The minimum atomic E-state index is -0.708. The Bertz CT molecular complexity index is 1250. The second kappa shape index (κ2) is 10.6. The third-order valence-corrected chi connectivity index (χ3v) is 6.92. The lowest BCUT2D eigenvalue weighted by Crippen LogP contribution is -2.36. The number of benzene rings is 2. The Balaban J connectivity index is 1.60. The Morgan fingerprint density at radius 1 is 1.00 bits per heavy atom. The van der Waals surface area contributed by atoms with E-state index in [-0.39, 0.29) is 17.4 Å². The number of piperidine rings is 1. The highest BCUT2D eigenvalue weighted by molar-refractivity contribution is 6.00. The molecular weight excluding hydrogens is 442 g/mol. The zero-order valence-corrected chi connectivity index (χ0v) is 20.1. The van der Waals surface area contributed by atoms with Gasteiger partial charge in [0.25, 0.3) is 0 Å². The van der Waals surface area contributed by atoms with Gasteiger partial charge in [-0.1, -0.05) is 47.1 Å². The van der Waals surface area contributed by atoms with Gasteiger partial charge in [0, 0.05) is 56.0 Å². The van der Waals surface area contributed by atoms with Crippen LogP contribution < -0.4 is 10.5 Å². The van der Waals surface area contributed by atoms with Gasteiger partial charge in [-0.2, -0.15) is 0 Å². The molecule has 2 N–H and O–H groups in total. The van der Waals surface area contributed by atoms with E-state index in [9.17, 15) is 19.9 Å². The van der Waals surface area contributed by atoms with Crippen LogP contribution in [0.2, 0.25) is 0 Å². The standard InChI is InChI=1S/C28H31N3O4/c1-19-3-5-20(6-4-19)25(17-26(29-35)23-9-12-27(32)30(2)18-23)21-7-10-24(11-8-21)31-15-13-22(14-16-31)28(33)34/h3-12,18,22,25,35H,13-17H2,1-2H3,(H,33,34)/b29-26-. The highest BCUT2D eigenvalue weighted by Crippen LogP contribution is 2.32. The number of aryl methyl sites for hydroxylation is 2. The first-order chi connectivity index (χ1) is 16.9. The maximum Gasteiger partial charge on any atom is 0.306 e. The quantitative estimate of drug-likeness (QED) is 0.301. The molecule has 0 amide bonds. The molecule has 1 unspecified atom stereocenters. The van der Waals surface area contributed by atoms with E-state index in [1.807, 2.05) is 6.92 Å². The van der Waals surface area contributed by atoms with Crippen molar-refractivity contribution in [3.05, 3.63) is 99.5 Å². The van der Waals surface area contributed by atoms with E-state index < -0.39 is 5.97 Å². The van der Waals surface area contributed by atoms with Crippen molar-refractivity contribution >= 4 is 17.4 Å². The number of hydrogen-bond acceptors (Lipinski definition) is 5. The van der Waals surface area contributed by atoms with Gasteiger partial charge in [-0.25, -0.2) is 0 Å². The largest absolute Gasteiger partial charge is 0.481 e. The first kappa shape index (κ1) is 24.3.